The summed E-state index contributed by atoms with van der Waals surface area (Å²) in [6.07, 6.45) is 2.58. The molecule has 0 radical (unpaired) electrons. The van der Waals surface area contributed by atoms with Gasteiger partial charge in [0.15, 0.2) is 0 Å². The van der Waals surface area contributed by atoms with Gasteiger partial charge < -0.3 is 15.3 Å². The summed E-state index contributed by atoms with van der Waals surface area (Å²) in [6.45, 7) is 1.23. The minimum atomic E-state index is -0.945. The molecule has 1 aliphatic rings. The van der Waals surface area contributed by atoms with Gasteiger partial charge >= 0.3 is 17.8 Å². The lowest BCUT2D eigenvalue weighted by Gasteiger charge is -2.31. The Morgan fingerprint density at radius 3 is 2.41 bits per heavy atom. The first kappa shape index (κ1) is 15.7. The fourth-order valence-corrected chi connectivity index (χ4v) is 2.26. The van der Waals surface area contributed by atoms with Gasteiger partial charge in [0.2, 0.25) is 0 Å². The summed E-state index contributed by atoms with van der Waals surface area (Å²) in [4.78, 5) is 39.4. The van der Waals surface area contributed by atoms with Gasteiger partial charge in [0.25, 0.3) is 0 Å². The van der Waals surface area contributed by atoms with Crippen molar-refractivity contribution in [2.45, 2.75) is 12.8 Å². The van der Waals surface area contributed by atoms with E-state index in [9.17, 15) is 14.4 Å². The Labute approximate surface area is 126 Å². The Morgan fingerprint density at radius 2 is 1.91 bits per heavy atom. The van der Waals surface area contributed by atoms with Crippen molar-refractivity contribution in [1.82, 2.24) is 10.4 Å². The average molecular weight is 307 g/mol. The summed E-state index contributed by atoms with van der Waals surface area (Å²) in [5.74, 6) is 2.67. The highest BCUT2D eigenvalue weighted by molar-refractivity contribution is 6.39. The van der Waals surface area contributed by atoms with Crippen LogP contribution in [0, 0.1) is 5.92 Å². The van der Waals surface area contributed by atoms with Crippen LogP contribution in [0.15, 0.2) is 18.3 Å². The van der Waals surface area contributed by atoms with Gasteiger partial charge in [-0.2, -0.15) is 0 Å². The van der Waals surface area contributed by atoms with Crippen LogP contribution in [0.3, 0.4) is 0 Å². The number of carbonyl (C=O) groups excluding carboxylic acids is 2. The van der Waals surface area contributed by atoms with Crippen molar-refractivity contribution >= 4 is 29.3 Å². The van der Waals surface area contributed by atoms with Gasteiger partial charge in [0, 0.05) is 13.1 Å². The number of anilines is 2. The molecule has 0 aromatic carbocycles. The van der Waals surface area contributed by atoms with Gasteiger partial charge in [0.1, 0.15) is 5.82 Å². The van der Waals surface area contributed by atoms with Gasteiger partial charge in [-0.3, -0.25) is 19.8 Å². The zero-order chi connectivity index (χ0) is 16.1. The molecule has 1 saturated heterocycles. The molecule has 0 bridgehead atoms. The number of nitrogens with zero attached hydrogens (tertiary/aromatic N) is 2. The van der Waals surface area contributed by atoms with Crippen molar-refractivity contribution in [2.75, 3.05) is 23.3 Å². The summed E-state index contributed by atoms with van der Waals surface area (Å²) in [5.41, 5.74) is 2.11. The molecule has 1 aromatic rings. The monoisotopic (exact) mass is 307 g/mol. The highest BCUT2D eigenvalue weighted by Crippen LogP contribution is 2.22. The highest BCUT2D eigenvalue weighted by atomic mass is 16.4. The molecule has 0 saturated carbocycles. The van der Waals surface area contributed by atoms with Crippen LogP contribution in [-0.4, -0.2) is 41.0 Å². The SMILES string of the molecule is NNC(=O)C(=O)Nc1ccc(N2CCC(C(=O)O)CC2)nc1. The van der Waals surface area contributed by atoms with Crippen molar-refractivity contribution in [1.29, 1.82) is 0 Å². The molecule has 118 valence electrons. The topological polar surface area (TPSA) is 138 Å². The van der Waals surface area contributed by atoms with E-state index in [1.54, 1.807) is 17.6 Å². The molecule has 9 nitrogen and oxygen atoms in total. The number of hydrogen-bond donors (Lipinski definition) is 4. The number of aliphatic carboxylic acids is 1. The van der Waals surface area contributed by atoms with Gasteiger partial charge in [-0.15, -0.1) is 0 Å². The van der Waals surface area contributed by atoms with E-state index in [4.69, 9.17) is 10.9 Å². The molecule has 22 heavy (non-hydrogen) atoms. The Bertz CT molecular complexity index is 566. The fourth-order valence-electron chi connectivity index (χ4n) is 2.26. The molecule has 0 unspecified atom stereocenters. The Kier molecular flexibility index (Phi) is 4.89. The number of nitrogens with one attached hydrogen (secondary N) is 2. The maximum Gasteiger partial charge on any atom is 0.323 e. The lowest BCUT2D eigenvalue weighted by molar-refractivity contribution is -0.142. The minimum Gasteiger partial charge on any atom is -0.481 e. The quantitative estimate of drug-likeness (QED) is 0.251. The third kappa shape index (κ3) is 3.70. The zero-order valence-corrected chi connectivity index (χ0v) is 11.8. The second-order valence-electron chi connectivity index (χ2n) is 4.93. The number of nitrogens with two attached hydrogens (primary N) is 1. The van der Waals surface area contributed by atoms with Crippen LogP contribution in [0.4, 0.5) is 11.5 Å². The molecular formula is C13H17N5O4. The van der Waals surface area contributed by atoms with Crippen LogP contribution in [0.25, 0.3) is 0 Å². The molecule has 2 amide bonds. The zero-order valence-electron chi connectivity index (χ0n) is 11.8. The van der Waals surface area contributed by atoms with E-state index in [2.05, 4.69) is 10.3 Å². The van der Waals surface area contributed by atoms with E-state index < -0.39 is 17.8 Å². The molecule has 0 aliphatic carbocycles. The summed E-state index contributed by atoms with van der Waals surface area (Å²) in [7, 11) is 0. The molecule has 1 aliphatic heterocycles. The van der Waals surface area contributed by atoms with E-state index in [1.165, 1.54) is 6.20 Å². The Morgan fingerprint density at radius 1 is 1.23 bits per heavy atom. The van der Waals surface area contributed by atoms with Crippen LogP contribution in [-0.2, 0) is 14.4 Å². The number of carboxylic acid groups (broad SMARTS) is 1. The van der Waals surface area contributed by atoms with Gasteiger partial charge in [-0.25, -0.2) is 10.8 Å². The van der Waals surface area contributed by atoms with Crippen LogP contribution in [0.5, 0.6) is 0 Å². The number of hydrogen-bond acceptors (Lipinski definition) is 6. The van der Waals surface area contributed by atoms with E-state index in [-0.39, 0.29) is 5.92 Å². The second kappa shape index (κ2) is 6.85. The van der Waals surface area contributed by atoms with Gasteiger partial charge in [0.05, 0.1) is 17.8 Å². The third-order valence-electron chi connectivity index (χ3n) is 3.51. The predicted molar refractivity (Wildman–Crippen MR) is 77.8 cm³/mol. The summed E-state index contributed by atoms with van der Waals surface area (Å²) >= 11 is 0. The average Bonchev–Trinajstić information content (AvgIpc) is 2.54. The lowest BCUT2D eigenvalue weighted by Crippen LogP contribution is -2.39. The second-order valence-corrected chi connectivity index (χ2v) is 4.93. The Hall–Kier alpha value is -2.68. The minimum absolute atomic E-state index is 0.301. The molecular weight excluding hydrogens is 290 g/mol. The largest absolute Gasteiger partial charge is 0.481 e. The molecule has 9 heteroatoms. The van der Waals surface area contributed by atoms with Crippen LogP contribution in [0.1, 0.15) is 12.8 Å². The van der Waals surface area contributed by atoms with Crippen molar-refractivity contribution in [2.24, 2.45) is 11.8 Å². The number of pyridine rings is 1. The van der Waals surface area contributed by atoms with Crippen LogP contribution >= 0.6 is 0 Å². The molecule has 0 atom stereocenters. The van der Waals surface area contributed by atoms with E-state index in [0.29, 0.717) is 37.4 Å². The first-order chi connectivity index (χ1) is 10.5. The smallest absolute Gasteiger partial charge is 0.323 e. The number of piperidine rings is 1. The molecule has 5 N–H and O–H groups in total. The molecule has 2 rings (SSSR count). The number of amides is 2. The molecule has 1 aromatic heterocycles. The van der Waals surface area contributed by atoms with Crippen molar-refractivity contribution in [3.05, 3.63) is 18.3 Å². The summed E-state index contributed by atoms with van der Waals surface area (Å²) in [5, 5.41) is 11.3. The fraction of sp³-hybridized carbons (Fsp3) is 0.385. The van der Waals surface area contributed by atoms with Crippen LogP contribution < -0.4 is 21.5 Å². The number of rotatable bonds is 3. The number of aromatic nitrogens is 1. The predicted octanol–water partition coefficient (Wildman–Crippen LogP) is -0.689. The Balaban J connectivity index is 1.94. The summed E-state index contributed by atoms with van der Waals surface area (Å²) in [6, 6.07) is 3.32. The van der Waals surface area contributed by atoms with E-state index in [0.717, 1.165) is 0 Å². The maximum absolute atomic E-state index is 11.3. The van der Waals surface area contributed by atoms with Crippen molar-refractivity contribution < 1.29 is 19.5 Å². The van der Waals surface area contributed by atoms with E-state index >= 15 is 0 Å². The first-order valence-electron chi connectivity index (χ1n) is 6.77. The molecule has 2 heterocycles. The van der Waals surface area contributed by atoms with Crippen molar-refractivity contribution in [3.63, 3.8) is 0 Å². The normalized spacial score (nSPS) is 15.2. The standard InChI is InChI=1S/C13H17N5O4/c14-17-12(20)11(19)16-9-1-2-10(15-7-9)18-5-3-8(4-6-18)13(21)22/h1-2,7-8H,3-6,14H2,(H,16,19)(H,17,20)(H,21,22). The molecule has 1 fully saturated rings. The van der Waals surface area contributed by atoms with Crippen LogP contribution in [0.2, 0.25) is 0 Å². The maximum atomic E-state index is 11.3. The third-order valence-corrected chi connectivity index (χ3v) is 3.51. The number of carbonyl (C=O) groups is 3. The molecule has 0 spiro atoms. The van der Waals surface area contributed by atoms with E-state index in [1.807, 2.05) is 4.90 Å². The highest BCUT2D eigenvalue weighted by Gasteiger charge is 2.25. The number of hydrazine groups is 1. The van der Waals surface area contributed by atoms with Crippen molar-refractivity contribution in [3.8, 4) is 0 Å². The van der Waals surface area contributed by atoms with Gasteiger partial charge in [-0.05, 0) is 25.0 Å². The lowest BCUT2D eigenvalue weighted by atomic mass is 9.97. The number of carboxylic acids is 1. The van der Waals surface area contributed by atoms with Gasteiger partial charge in [-0.1, -0.05) is 0 Å². The first-order valence-corrected chi connectivity index (χ1v) is 6.77. The summed E-state index contributed by atoms with van der Waals surface area (Å²) < 4.78 is 0.